The average Bonchev–Trinajstić information content (AvgIpc) is 1.56. The van der Waals surface area contributed by atoms with Crippen molar-refractivity contribution in [2.45, 2.75) is 58.0 Å². The molecule has 68 valence electrons. The molecule has 0 aromatic rings. The Bertz CT molecular complexity index is 117. The Morgan fingerprint density at radius 2 is 1.27 bits per heavy atom. The summed E-state index contributed by atoms with van der Waals surface area (Å²) in [5.41, 5.74) is 0. The Balaban J connectivity index is 4.13. The Labute approximate surface area is 76.1 Å². The van der Waals surface area contributed by atoms with E-state index in [1.54, 1.807) is 0 Å². The van der Waals surface area contributed by atoms with Gasteiger partial charge in [0, 0.05) is 9.49 Å². The largest absolute Gasteiger partial charge is 0.150 e. The molecule has 0 unspecified atom stereocenters. The molecule has 0 aromatic carbocycles. The second-order valence-corrected chi connectivity index (χ2v) is 7.45. The fraction of sp³-hybridized carbons (Fsp3) is 1.00. The second-order valence-electron chi connectivity index (χ2n) is 4.97. The van der Waals surface area contributed by atoms with Gasteiger partial charge in [-0.3, -0.25) is 0 Å². The first-order valence-electron chi connectivity index (χ1n) is 4.35. The number of rotatable bonds is 2. The van der Waals surface area contributed by atoms with Crippen LogP contribution in [-0.4, -0.2) is 9.49 Å². The van der Waals surface area contributed by atoms with E-state index in [4.69, 9.17) is 0 Å². The number of hydrogen-bond donors (Lipinski definition) is 0. The van der Waals surface area contributed by atoms with Crippen LogP contribution in [0, 0.1) is 5.92 Å². The lowest BCUT2D eigenvalue weighted by Gasteiger charge is -2.35. The molecule has 0 fully saturated rings. The zero-order valence-electron chi connectivity index (χ0n) is 8.99. The third-order valence-corrected chi connectivity index (χ3v) is 3.57. The molecule has 11 heavy (non-hydrogen) atoms. The van der Waals surface area contributed by atoms with Gasteiger partial charge in [-0.2, -0.15) is 0 Å². The normalized spacial score (nSPS) is 14.2. The summed E-state index contributed by atoms with van der Waals surface area (Å²) in [5.74, 6) is 0.742. The molecule has 0 aliphatic heterocycles. The zero-order valence-corrected chi connectivity index (χ0v) is 9.80. The second kappa shape index (κ2) is 3.38. The minimum atomic E-state index is 0.383. The molecule has 0 radical (unpaired) electrons. The highest BCUT2D eigenvalue weighted by Crippen LogP contribution is 2.40. The van der Waals surface area contributed by atoms with Crippen LogP contribution >= 0.6 is 11.8 Å². The summed E-state index contributed by atoms with van der Waals surface area (Å²) in [7, 11) is 0. The van der Waals surface area contributed by atoms with Crippen LogP contribution < -0.4 is 0 Å². The zero-order chi connectivity index (χ0) is 9.28. The Kier molecular flexibility index (Phi) is 3.49. The van der Waals surface area contributed by atoms with Crippen molar-refractivity contribution in [2.75, 3.05) is 0 Å². The Morgan fingerprint density at radius 3 is 1.36 bits per heavy atom. The predicted octanol–water partition coefficient (Wildman–Crippen LogP) is 3.95. The molecule has 0 bridgehead atoms. The fourth-order valence-corrected chi connectivity index (χ4v) is 2.72. The summed E-state index contributed by atoms with van der Waals surface area (Å²) < 4.78 is 0.784. The van der Waals surface area contributed by atoms with E-state index in [-0.39, 0.29) is 0 Å². The molecule has 0 N–H and O–H groups in total. The van der Waals surface area contributed by atoms with Gasteiger partial charge in [-0.25, -0.2) is 0 Å². The van der Waals surface area contributed by atoms with Gasteiger partial charge in [0.05, 0.1) is 0 Å². The lowest BCUT2D eigenvalue weighted by Crippen LogP contribution is -2.28. The van der Waals surface area contributed by atoms with Gasteiger partial charge in [-0.1, -0.05) is 48.5 Å². The van der Waals surface area contributed by atoms with Gasteiger partial charge in [0.1, 0.15) is 0 Å². The summed E-state index contributed by atoms with van der Waals surface area (Å²) in [6.45, 7) is 16.1. The topological polar surface area (TPSA) is 0 Å². The van der Waals surface area contributed by atoms with Gasteiger partial charge in [-0.05, 0) is 5.92 Å². The van der Waals surface area contributed by atoms with Gasteiger partial charge in [-0.15, -0.1) is 11.8 Å². The SMILES string of the molecule is CC(C)C(C)(C)SC(C)(C)C. The van der Waals surface area contributed by atoms with Crippen molar-refractivity contribution in [3.63, 3.8) is 0 Å². The van der Waals surface area contributed by atoms with E-state index in [1.165, 1.54) is 0 Å². The van der Waals surface area contributed by atoms with Crippen molar-refractivity contribution < 1.29 is 0 Å². The van der Waals surface area contributed by atoms with Crippen LogP contribution in [-0.2, 0) is 0 Å². The van der Waals surface area contributed by atoms with Gasteiger partial charge in [0.25, 0.3) is 0 Å². The summed E-state index contributed by atoms with van der Waals surface area (Å²) in [6.07, 6.45) is 0. The van der Waals surface area contributed by atoms with Crippen molar-refractivity contribution in [3.8, 4) is 0 Å². The molecular weight excluding hydrogens is 152 g/mol. The van der Waals surface area contributed by atoms with E-state index in [9.17, 15) is 0 Å². The number of hydrogen-bond acceptors (Lipinski definition) is 1. The van der Waals surface area contributed by atoms with E-state index in [0.717, 1.165) is 5.92 Å². The van der Waals surface area contributed by atoms with Gasteiger partial charge >= 0.3 is 0 Å². The summed E-state index contributed by atoms with van der Waals surface area (Å²) in [5, 5.41) is 0. The molecule has 0 saturated carbocycles. The maximum atomic E-state index is 2.33. The van der Waals surface area contributed by atoms with Crippen molar-refractivity contribution in [3.05, 3.63) is 0 Å². The van der Waals surface area contributed by atoms with Gasteiger partial charge in [0.15, 0.2) is 0 Å². The van der Waals surface area contributed by atoms with Crippen LogP contribution in [0.15, 0.2) is 0 Å². The molecule has 1 heteroatoms. The fourth-order valence-electron chi connectivity index (χ4n) is 0.907. The molecule has 0 nitrogen and oxygen atoms in total. The summed E-state index contributed by atoms with van der Waals surface area (Å²) in [4.78, 5) is 0. The first kappa shape index (κ1) is 11.4. The molecular formula is C10H22S. The molecule has 0 heterocycles. The van der Waals surface area contributed by atoms with Crippen LogP contribution in [0.2, 0.25) is 0 Å². The van der Waals surface area contributed by atoms with Crippen LogP contribution in [0.4, 0.5) is 0 Å². The van der Waals surface area contributed by atoms with Gasteiger partial charge < -0.3 is 0 Å². The Hall–Kier alpha value is 0.350. The van der Waals surface area contributed by atoms with Crippen molar-refractivity contribution in [1.29, 1.82) is 0 Å². The lowest BCUT2D eigenvalue weighted by atomic mass is 10.00. The molecule has 0 aromatic heterocycles. The predicted molar refractivity (Wildman–Crippen MR) is 56.3 cm³/mol. The van der Waals surface area contributed by atoms with E-state index >= 15 is 0 Å². The van der Waals surface area contributed by atoms with E-state index < -0.39 is 0 Å². The average molecular weight is 174 g/mol. The summed E-state index contributed by atoms with van der Waals surface area (Å²) >= 11 is 2.07. The van der Waals surface area contributed by atoms with E-state index in [0.29, 0.717) is 9.49 Å². The van der Waals surface area contributed by atoms with Crippen LogP contribution in [0.1, 0.15) is 48.5 Å². The highest BCUT2D eigenvalue weighted by Gasteiger charge is 2.28. The molecule has 0 spiro atoms. The monoisotopic (exact) mass is 174 g/mol. The van der Waals surface area contributed by atoms with Crippen LogP contribution in [0.25, 0.3) is 0 Å². The van der Waals surface area contributed by atoms with E-state index in [2.05, 4.69) is 60.2 Å². The minimum absolute atomic E-state index is 0.383. The molecule has 0 amide bonds. The first-order valence-corrected chi connectivity index (χ1v) is 5.17. The molecule has 0 saturated heterocycles. The smallest absolute Gasteiger partial charge is 0.0131 e. The summed E-state index contributed by atoms with van der Waals surface area (Å²) in [6, 6.07) is 0. The molecule has 0 atom stereocenters. The quantitative estimate of drug-likeness (QED) is 0.611. The van der Waals surface area contributed by atoms with Crippen molar-refractivity contribution in [1.82, 2.24) is 0 Å². The maximum Gasteiger partial charge on any atom is 0.0131 e. The van der Waals surface area contributed by atoms with E-state index in [1.807, 2.05) is 0 Å². The molecule has 0 aliphatic carbocycles. The first-order chi connectivity index (χ1) is 4.65. The standard InChI is InChI=1S/C10H22S/c1-8(2)10(6,7)11-9(3,4)5/h8H,1-7H3. The third kappa shape index (κ3) is 4.73. The van der Waals surface area contributed by atoms with Crippen molar-refractivity contribution >= 4 is 11.8 Å². The van der Waals surface area contributed by atoms with Gasteiger partial charge in [0.2, 0.25) is 0 Å². The maximum absolute atomic E-state index is 2.33. The highest BCUT2D eigenvalue weighted by molar-refractivity contribution is 8.01. The van der Waals surface area contributed by atoms with Crippen LogP contribution in [0.3, 0.4) is 0 Å². The number of thioether (sulfide) groups is 1. The third-order valence-electron chi connectivity index (χ3n) is 1.96. The minimum Gasteiger partial charge on any atom is -0.150 e. The lowest BCUT2D eigenvalue weighted by molar-refractivity contribution is 0.497. The Morgan fingerprint density at radius 1 is 0.909 bits per heavy atom. The van der Waals surface area contributed by atoms with Crippen molar-refractivity contribution in [2.24, 2.45) is 5.92 Å². The molecule has 0 aliphatic rings. The molecule has 0 rings (SSSR count). The van der Waals surface area contributed by atoms with Crippen LogP contribution in [0.5, 0.6) is 0 Å². The highest BCUT2D eigenvalue weighted by atomic mass is 32.2.